The second-order valence-corrected chi connectivity index (χ2v) is 8.25. The Balaban J connectivity index is 1.56. The predicted octanol–water partition coefficient (Wildman–Crippen LogP) is 2.65. The molecule has 1 aromatic rings. The van der Waals surface area contributed by atoms with Gasteiger partial charge in [0.25, 0.3) is 0 Å². The van der Waals surface area contributed by atoms with Crippen LogP contribution >= 0.6 is 0 Å². The fourth-order valence-electron chi connectivity index (χ4n) is 5.97. The maximum atomic E-state index is 13.3. The first kappa shape index (κ1) is 15.6. The third kappa shape index (κ3) is 1.82. The number of carbonyl (C=O) groups is 1. The zero-order valence-electron chi connectivity index (χ0n) is 13.8. The molecule has 0 bridgehead atoms. The van der Waals surface area contributed by atoms with Crippen LogP contribution in [0.15, 0.2) is 12.3 Å². The maximum Gasteiger partial charge on any atom is 0.417 e. The van der Waals surface area contributed by atoms with Crippen LogP contribution in [-0.4, -0.2) is 27.4 Å². The van der Waals surface area contributed by atoms with Crippen molar-refractivity contribution in [2.24, 2.45) is 17.1 Å². The second-order valence-electron chi connectivity index (χ2n) is 8.25. The van der Waals surface area contributed by atoms with E-state index < -0.39 is 11.7 Å². The molecule has 2 spiro atoms. The predicted molar refractivity (Wildman–Crippen MR) is 83.2 cm³/mol. The van der Waals surface area contributed by atoms with Crippen LogP contribution in [0.25, 0.3) is 0 Å². The van der Waals surface area contributed by atoms with Gasteiger partial charge in [-0.15, -0.1) is 0 Å². The van der Waals surface area contributed by atoms with Crippen LogP contribution in [0.4, 0.5) is 13.2 Å². The Hall–Kier alpha value is -1.63. The Morgan fingerprint density at radius 2 is 2.08 bits per heavy atom. The SMILES string of the molecule is N[C@@H]1CC[C@@]2(C1)C(=O)N1Cc3cc(C(F)(F)F)cnc3CC13CCC32. The minimum Gasteiger partial charge on any atom is -0.331 e. The van der Waals surface area contributed by atoms with E-state index in [0.717, 1.165) is 37.6 Å². The summed E-state index contributed by atoms with van der Waals surface area (Å²) in [5.74, 6) is 0.393. The van der Waals surface area contributed by atoms with Gasteiger partial charge < -0.3 is 10.6 Å². The Morgan fingerprint density at radius 1 is 1.28 bits per heavy atom. The summed E-state index contributed by atoms with van der Waals surface area (Å²) in [5.41, 5.74) is 6.02. The van der Waals surface area contributed by atoms with Crippen molar-refractivity contribution < 1.29 is 18.0 Å². The van der Waals surface area contributed by atoms with Crippen molar-refractivity contribution in [2.75, 3.05) is 0 Å². The van der Waals surface area contributed by atoms with Gasteiger partial charge in [0.2, 0.25) is 5.91 Å². The van der Waals surface area contributed by atoms with E-state index >= 15 is 0 Å². The second kappa shape index (κ2) is 4.55. The Bertz CT molecular complexity index is 779. The first-order chi connectivity index (χ1) is 11.8. The van der Waals surface area contributed by atoms with Gasteiger partial charge in [-0.05, 0) is 49.7 Å². The number of rotatable bonds is 0. The number of carbonyl (C=O) groups excluding carboxylic acids is 1. The van der Waals surface area contributed by atoms with Crippen molar-refractivity contribution in [3.63, 3.8) is 0 Å². The van der Waals surface area contributed by atoms with E-state index in [1.54, 1.807) is 0 Å². The summed E-state index contributed by atoms with van der Waals surface area (Å²) in [7, 11) is 0. The summed E-state index contributed by atoms with van der Waals surface area (Å²) in [4.78, 5) is 19.3. The van der Waals surface area contributed by atoms with E-state index in [0.29, 0.717) is 18.4 Å². The highest BCUT2D eigenvalue weighted by molar-refractivity contribution is 5.88. The van der Waals surface area contributed by atoms with Crippen molar-refractivity contribution in [3.8, 4) is 0 Å². The molecular formula is C18H20F3N3O. The molecule has 3 heterocycles. The molecule has 3 fully saturated rings. The summed E-state index contributed by atoms with van der Waals surface area (Å²) >= 11 is 0. The fraction of sp³-hybridized carbons (Fsp3) is 0.667. The molecular weight excluding hydrogens is 331 g/mol. The molecule has 7 heteroatoms. The molecule has 2 N–H and O–H groups in total. The molecule has 4 aliphatic rings. The summed E-state index contributed by atoms with van der Waals surface area (Å²) in [5, 5.41) is 0. The summed E-state index contributed by atoms with van der Waals surface area (Å²) in [6.07, 6.45) is 1.40. The highest BCUT2D eigenvalue weighted by atomic mass is 19.4. The first-order valence-electron chi connectivity index (χ1n) is 8.89. The van der Waals surface area contributed by atoms with Gasteiger partial charge in [-0.2, -0.15) is 13.2 Å². The van der Waals surface area contributed by atoms with E-state index in [4.69, 9.17) is 5.73 Å². The molecule has 1 saturated heterocycles. The molecule has 4 atom stereocenters. The molecule has 25 heavy (non-hydrogen) atoms. The normalized spacial score (nSPS) is 39.2. The van der Waals surface area contributed by atoms with Gasteiger partial charge in [0.1, 0.15) is 0 Å². The van der Waals surface area contributed by atoms with Crippen LogP contribution in [0.2, 0.25) is 0 Å². The van der Waals surface area contributed by atoms with E-state index in [1.807, 2.05) is 4.90 Å². The molecule has 2 unspecified atom stereocenters. The number of nitrogens with two attached hydrogens (primary N) is 1. The molecule has 2 saturated carbocycles. The molecule has 134 valence electrons. The number of aromatic nitrogens is 1. The summed E-state index contributed by atoms with van der Waals surface area (Å²) < 4.78 is 39.0. The highest BCUT2D eigenvalue weighted by Gasteiger charge is 2.72. The highest BCUT2D eigenvalue weighted by Crippen LogP contribution is 2.66. The number of alkyl halides is 3. The lowest BCUT2D eigenvalue weighted by Crippen LogP contribution is -2.59. The molecule has 4 nitrogen and oxygen atoms in total. The average Bonchev–Trinajstić information content (AvgIpc) is 2.97. The van der Waals surface area contributed by atoms with Crippen LogP contribution in [0, 0.1) is 11.3 Å². The molecule has 2 aliphatic carbocycles. The number of amides is 1. The topological polar surface area (TPSA) is 59.2 Å². The maximum absolute atomic E-state index is 13.3. The monoisotopic (exact) mass is 351 g/mol. The lowest BCUT2D eigenvalue weighted by molar-refractivity contribution is -0.139. The molecule has 1 amide bonds. The molecule has 1 aromatic heterocycles. The third-order valence-corrected chi connectivity index (χ3v) is 7.17. The summed E-state index contributed by atoms with van der Waals surface area (Å²) in [6, 6.07) is 1.22. The lowest BCUT2D eigenvalue weighted by Gasteiger charge is -2.54. The van der Waals surface area contributed by atoms with Gasteiger partial charge in [0, 0.05) is 30.9 Å². The largest absolute Gasteiger partial charge is 0.417 e. The standard InChI is InChI=1S/C18H20F3N3O/c19-18(20,21)11-5-10-9-24-15(25)16(3-1-12(22)6-16)14-2-4-17(14,24)7-13(10)23-8-11/h5,8,12,14H,1-4,6-7,9,22H2/t12-,14?,16+,17?/m1/s1. The molecule has 0 radical (unpaired) electrons. The van der Waals surface area contributed by atoms with Crippen LogP contribution in [-0.2, 0) is 23.9 Å². The first-order valence-corrected chi connectivity index (χ1v) is 8.89. The van der Waals surface area contributed by atoms with E-state index in [9.17, 15) is 18.0 Å². The zero-order chi connectivity index (χ0) is 17.6. The van der Waals surface area contributed by atoms with Gasteiger partial charge in [-0.25, -0.2) is 0 Å². The van der Waals surface area contributed by atoms with E-state index in [-0.39, 0.29) is 35.4 Å². The number of hydrogen-bond acceptors (Lipinski definition) is 3. The molecule has 0 aromatic carbocycles. The van der Waals surface area contributed by atoms with Gasteiger partial charge in [-0.3, -0.25) is 9.78 Å². The Kier molecular flexibility index (Phi) is 2.84. The van der Waals surface area contributed by atoms with E-state index in [1.165, 1.54) is 6.07 Å². The van der Waals surface area contributed by atoms with Crippen molar-refractivity contribution in [1.82, 2.24) is 9.88 Å². The van der Waals surface area contributed by atoms with Crippen molar-refractivity contribution >= 4 is 5.91 Å². The zero-order valence-corrected chi connectivity index (χ0v) is 13.8. The Labute approximate surface area is 143 Å². The minimum atomic E-state index is -4.41. The number of nitrogens with zero attached hydrogens (tertiary/aromatic N) is 2. The van der Waals surface area contributed by atoms with Gasteiger partial charge in [0.15, 0.2) is 0 Å². The fourth-order valence-corrected chi connectivity index (χ4v) is 5.97. The van der Waals surface area contributed by atoms with E-state index in [2.05, 4.69) is 4.98 Å². The Morgan fingerprint density at radius 3 is 2.68 bits per heavy atom. The summed E-state index contributed by atoms with van der Waals surface area (Å²) in [6.45, 7) is 0.249. The van der Waals surface area contributed by atoms with Crippen LogP contribution in [0.3, 0.4) is 0 Å². The van der Waals surface area contributed by atoms with Gasteiger partial charge >= 0.3 is 6.18 Å². The molecule has 2 aliphatic heterocycles. The minimum absolute atomic E-state index is 0.0558. The van der Waals surface area contributed by atoms with Crippen molar-refractivity contribution in [3.05, 3.63) is 29.1 Å². The number of halogens is 3. The third-order valence-electron chi connectivity index (χ3n) is 7.17. The average molecular weight is 351 g/mol. The smallest absolute Gasteiger partial charge is 0.331 e. The van der Waals surface area contributed by atoms with Crippen molar-refractivity contribution in [2.45, 2.75) is 62.8 Å². The van der Waals surface area contributed by atoms with Crippen molar-refractivity contribution in [1.29, 1.82) is 0 Å². The number of hydrogen-bond donors (Lipinski definition) is 1. The van der Waals surface area contributed by atoms with Gasteiger partial charge in [-0.1, -0.05) is 0 Å². The van der Waals surface area contributed by atoms with Crippen LogP contribution in [0.1, 0.15) is 48.9 Å². The van der Waals surface area contributed by atoms with Gasteiger partial charge in [0.05, 0.1) is 16.5 Å². The van der Waals surface area contributed by atoms with Crippen LogP contribution in [0.5, 0.6) is 0 Å². The lowest BCUT2D eigenvalue weighted by atomic mass is 9.55. The quantitative estimate of drug-likeness (QED) is 0.782. The van der Waals surface area contributed by atoms with Crippen LogP contribution < -0.4 is 5.73 Å². The number of fused-ring (bicyclic) bond motifs is 2. The number of pyridine rings is 1. The molecule has 5 rings (SSSR count).